The van der Waals surface area contributed by atoms with Crippen LogP contribution in [-0.4, -0.2) is 32.1 Å². The van der Waals surface area contributed by atoms with Gasteiger partial charge in [0.15, 0.2) is 11.5 Å². The number of carbonyl (C=O) groups is 2. The third kappa shape index (κ3) is 4.33. The second kappa shape index (κ2) is 7.91. The molecule has 1 saturated carbocycles. The number of ether oxygens (including phenoxy) is 2. The van der Waals surface area contributed by atoms with Crippen molar-refractivity contribution in [3.63, 3.8) is 0 Å². The number of amides is 2. The van der Waals surface area contributed by atoms with Gasteiger partial charge in [0, 0.05) is 11.7 Å². The van der Waals surface area contributed by atoms with Gasteiger partial charge in [-0.3, -0.25) is 9.59 Å². The van der Waals surface area contributed by atoms with E-state index in [2.05, 4.69) is 10.6 Å². The molecule has 0 radical (unpaired) electrons. The van der Waals surface area contributed by atoms with Gasteiger partial charge in [0.2, 0.25) is 5.91 Å². The van der Waals surface area contributed by atoms with Crippen molar-refractivity contribution in [3.8, 4) is 11.5 Å². The molecule has 0 spiro atoms. The average Bonchev–Trinajstić information content (AvgIpc) is 3.46. The summed E-state index contributed by atoms with van der Waals surface area (Å²) in [7, 11) is 3.02. The monoisotopic (exact) mass is 354 g/mol. The molecular weight excluding hydrogens is 332 g/mol. The Bertz CT molecular complexity index is 798. The normalized spacial score (nSPS) is 13.0. The molecule has 0 heterocycles. The predicted molar refractivity (Wildman–Crippen MR) is 98.8 cm³/mol. The number of hydrogen-bond donors (Lipinski definition) is 2. The van der Waals surface area contributed by atoms with Gasteiger partial charge in [0.25, 0.3) is 5.91 Å². The highest BCUT2D eigenvalue weighted by molar-refractivity contribution is 6.06. The Morgan fingerprint density at radius 2 is 1.77 bits per heavy atom. The van der Waals surface area contributed by atoms with E-state index in [9.17, 15) is 9.59 Å². The van der Waals surface area contributed by atoms with Gasteiger partial charge >= 0.3 is 0 Å². The first-order valence-corrected chi connectivity index (χ1v) is 8.51. The number of hydrogen-bond acceptors (Lipinski definition) is 4. The van der Waals surface area contributed by atoms with Crippen LogP contribution in [0.4, 0.5) is 5.69 Å². The Kier molecular flexibility index (Phi) is 5.41. The van der Waals surface area contributed by atoms with Crippen LogP contribution in [0, 0.1) is 0 Å². The van der Waals surface area contributed by atoms with Crippen LogP contribution in [0.1, 0.15) is 28.8 Å². The SMILES string of the molecule is COc1cccc(C(=O)Nc2ccc(CC(=O)NC3CC3)cc2)c1OC. The maximum absolute atomic E-state index is 12.5. The molecule has 1 fully saturated rings. The summed E-state index contributed by atoms with van der Waals surface area (Å²) in [4.78, 5) is 24.4. The zero-order valence-corrected chi connectivity index (χ0v) is 14.9. The summed E-state index contributed by atoms with van der Waals surface area (Å²) in [5, 5.41) is 5.79. The zero-order valence-electron chi connectivity index (χ0n) is 14.9. The van der Waals surface area contributed by atoms with Gasteiger partial charge in [-0.1, -0.05) is 18.2 Å². The largest absolute Gasteiger partial charge is 0.493 e. The molecule has 6 heteroatoms. The Morgan fingerprint density at radius 3 is 2.38 bits per heavy atom. The third-order valence-electron chi connectivity index (χ3n) is 4.17. The first-order chi connectivity index (χ1) is 12.6. The summed E-state index contributed by atoms with van der Waals surface area (Å²) in [5.74, 6) is 0.628. The minimum atomic E-state index is -0.292. The quantitative estimate of drug-likeness (QED) is 0.802. The van der Waals surface area contributed by atoms with Crippen LogP contribution in [0.2, 0.25) is 0 Å². The van der Waals surface area contributed by atoms with Crippen molar-refractivity contribution in [1.29, 1.82) is 0 Å². The maximum Gasteiger partial charge on any atom is 0.259 e. The molecule has 2 N–H and O–H groups in total. The number of benzene rings is 2. The molecule has 1 aliphatic carbocycles. The Balaban J connectivity index is 1.65. The predicted octanol–water partition coefficient (Wildman–Crippen LogP) is 2.78. The van der Waals surface area contributed by atoms with E-state index in [1.807, 2.05) is 12.1 Å². The summed E-state index contributed by atoms with van der Waals surface area (Å²) in [5.41, 5.74) is 1.94. The smallest absolute Gasteiger partial charge is 0.259 e. The highest BCUT2D eigenvalue weighted by atomic mass is 16.5. The van der Waals surface area contributed by atoms with Crippen molar-refractivity contribution in [2.75, 3.05) is 19.5 Å². The molecule has 6 nitrogen and oxygen atoms in total. The molecular formula is C20H22N2O4. The van der Waals surface area contributed by atoms with E-state index in [-0.39, 0.29) is 11.8 Å². The molecule has 136 valence electrons. The first kappa shape index (κ1) is 17.8. The molecule has 2 aromatic carbocycles. The number of nitrogens with one attached hydrogen (secondary N) is 2. The van der Waals surface area contributed by atoms with E-state index < -0.39 is 0 Å². The standard InChI is InChI=1S/C20H22N2O4/c1-25-17-5-3-4-16(19(17)26-2)20(24)22-15-8-6-13(7-9-15)12-18(23)21-14-10-11-14/h3-9,14H,10-12H2,1-2H3,(H,21,23)(H,22,24). The van der Waals surface area contributed by atoms with Crippen LogP contribution >= 0.6 is 0 Å². The average molecular weight is 354 g/mol. The number of methoxy groups -OCH3 is 2. The second-order valence-electron chi connectivity index (χ2n) is 6.21. The van der Waals surface area contributed by atoms with Crippen molar-refractivity contribution in [3.05, 3.63) is 53.6 Å². The zero-order chi connectivity index (χ0) is 18.5. The number of para-hydroxylation sites is 1. The Labute approximate surface area is 152 Å². The van der Waals surface area contributed by atoms with Gasteiger partial charge in [0.05, 0.1) is 26.2 Å². The van der Waals surface area contributed by atoms with Crippen molar-refractivity contribution in [2.45, 2.75) is 25.3 Å². The fourth-order valence-corrected chi connectivity index (χ4v) is 2.66. The molecule has 1 aliphatic rings. The third-order valence-corrected chi connectivity index (χ3v) is 4.17. The van der Waals surface area contributed by atoms with Crippen molar-refractivity contribution >= 4 is 17.5 Å². The highest BCUT2D eigenvalue weighted by Crippen LogP contribution is 2.31. The Hall–Kier alpha value is -3.02. The molecule has 0 atom stereocenters. The van der Waals surface area contributed by atoms with Crippen LogP contribution < -0.4 is 20.1 Å². The van der Waals surface area contributed by atoms with Crippen molar-refractivity contribution in [2.24, 2.45) is 0 Å². The van der Waals surface area contributed by atoms with E-state index >= 15 is 0 Å². The second-order valence-corrected chi connectivity index (χ2v) is 6.21. The Morgan fingerprint density at radius 1 is 1.04 bits per heavy atom. The van der Waals surface area contributed by atoms with Crippen LogP contribution in [0.5, 0.6) is 11.5 Å². The summed E-state index contributed by atoms with van der Waals surface area (Å²) in [6.07, 6.45) is 2.49. The van der Waals surface area contributed by atoms with Crippen molar-refractivity contribution < 1.29 is 19.1 Å². The molecule has 26 heavy (non-hydrogen) atoms. The molecule has 0 saturated heterocycles. The van der Waals surface area contributed by atoms with E-state index in [4.69, 9.17) is 9.47 Å². The number of anilines is 1. The van der Waals surface area contributed by atoms with E-state index in [0.29, 0.717) is 35.2 Å². The molecule has 0 aromatic heterocycles. The van der Waals surface area contributed by atoms with E-state index in [1.54, 1.807) is 30.3 Å². The molecule has 0 aliphatic heterocycles. The maximum atomic E-state index is 12.5. The number of rotatable bonds is 7. The van der Waals surface area contributed by atoms with Gasteiger partial charge < -0.3 is 20.1 Å². The summed E-state index contributed by atoms with van der Waals surface area (Å²) >= 11 is 0. The fourth-order valence-electron chi connectivity index (χ4n) is 2.66. The molecule has 2 aromatic rings. The van der Waals surface area contributed by atoms with Gasteiger partial charge in [-0.2, -0.15) is 0 Å². The van der Waals surface area contributed by atoms with Crippen LogP contribution in [0.15, 0.2) is 42.5 Å². The van der Waals surface area contributed by atoms with Gasteiger partial charge in [-0.25, -0.2) is 0 Å². The highest BCUT2D eigenvalue weighted by Gasteiger charge is 2.23. The fraction of sp³-hybridized carbons (Fsp3) is 0.300. The lowest BCUT2D eigenvalue weighted by Gasteiger charge is -2.12. The van der Waals surface area contributed by atoms with E-state index in [0.717, 1.165) is 18.4 Å². The van der Waals surface area contributed by atoms with Gasteiger partial charge in [0.1, 0.15) is 0 Å². The number of carbonyl (C=O) groups excluding carboxylic acids is 2. The van der Waals surface area contributed by atoms with Gasteiger partial charge in [-0.15, -0.1) is 0 Å². The minimum Gasteiger partial charge on any atom is -0.493 e. The summed E-state index contributed by atoms with van der Waals surface area (Å²) < 4.78 is 10.5. The van der Waals surface area contributed by atoms with E-state index in [1.165, 1.54) is 14.2 Å². The lowest BCUT2D eigenvalue weighted by Crippen LogP contribution is -2.26. The van der Waals surface area contributed by atoms with Crippen LogP contribution in [0.25, 0.3) is 0 Å². The molecule has 3 rings (SSSR count). The first-order valence-electron chi connectivity index (χ1n) is 8.51. The molecule has 0 unspecified atom stereocenters. The lowest BCUT2D eigenvalue weighted by molar-refractivity contribution is -0.120. The van der Waals surface area contributed by atoms with Crippen molar-refractivity contribution in [1.82, 2.24) is 5.32 Å². The molecule has 2 amide bonds. The molecule has 0 bridgehead atoms. The summed E-state index contributed by atoms with van der Waals surface area (Å²) in [6.45, 7) is 0. The van der Waals surface area contributed by atoms with Gasteiger partial charge in [-0.05, 0) is 42.7 Å². The summed E-state index contributed by atoms with van der Waals surface area (Å²) in [6, 6.07) is 12.7. The van der Waals surface area contributed by atoms with Crippen LogP contribution in [-0.2, 0) is 11.2 Å². The van der Waals surface area contributed by atoms with Crippen LogP contribution in [0.3, 0.4) is 0 Å². The lowest BCUT2D eigenvalue weighted by atomic mass is 10.1. The minimum absolute atomic E-state index is 0.0328. The topological polar surface area (TPSA) is 76.7 Å².